The van der Waals surface area contributed by atoms with Gasteiger partial charge in [0, 0.05) is 52.2 Å². The average Bonchev–Trinajstić information content (AvgIpc) is 3.34. The molecule has 0 spiro atoms. The Hall–Kier alpha value is -3.16. The van der Waals surface area contributed by atoms with Gasteiger partial charge in [-0.15, -0.1) is 0 Å². The Labute approximate surface area is 190 Å². The van der Waals surface area contributed by atoms with Gasteiger partial charge < -0.3 is 15.4 Å². The quantitative estimate of drug-likeness (QED) is 0.423. The summed E-state index contributed by atoms with van der Waals surface area (Å²) in [5, 5.41) is 11.2. The zero-order chi connectivity index (χ0) is 22.0. The highest BCUT2D eigenvalue weighted by atomic mass is 16.5. The molecule has 32 heavy (non-hydrogen) atoms. The smallest absolute Gasteiger partial charge is 0.191 e. The highest BCUT2D eigenvalue weighted by molar-refractivity contribution is 5.79. The van der Waals surface area contributed by atoms with Crippen molar-refractivity contribution in [2.24, 2.45) is 4.99 Å². The summed E-state index contributed by atoms with van der Waals surface area (Å²) >= 11 is 0. The third-order valence-electron chi connectivity index (χ3n) is 5.64. The highest BCUT2D eigenvalue weighted by Gasteiger charge is 2.12. The Morgan fingerprint density at radius 2 is 1.72 bits per heavy atom. The van der Waals surface area contributed by atoms with E-state index in [0.717, 1.165) is 51.9 Å². The lowest BCUT2D eigenvalue weighted by molar-refractivity contribution is 0.0341. The molecule has 0 radical (unpaired) electrons. The van der Waals surface area contributed by atoms with Crippen LogP contribution in [-0.2, 0) is 30.9 Å². The minimum Gasteiger partial charge on any atom is -0.379 e. The number of nitrogens with one attached hydrogen (secondary N) is 2. The van der Waals surface area contributed by atoms with Crippen molar-refractivity contribution in [1.29, 1.82) is 0 Å². The number of benzene rings is 2. The van der Waals surface area contributed by atoms with Gasteiger partial charge in [-0.1, -0.05) is 48.5 Å². The molecule has 3 aromatic rings. The van der Waals surface area contributed by atoms with E-state index in [-0.39, 0.29) is 0 Å². The lowest BCUT2D eigenvalue weighted by atomic mass is 10.1. The minimum absolute atomic E-state index is 0.710. The Morgan fingerprint density at radius 1 is 0.938 bits per heavy atom. The summed E-state index contributed by atoms with van der Waals surface area (Å²) in [7, 11) is 1.81. The van der Waals surface area contributed by atoms with E-state index in [1.807, 2.05) is 24.0 Å². The van der Waals surface area contributed by atoms with Crippen molar-refractivity contribution in [1.82, 2.24) is 25.3 Å². The van der Waals surface area contributed by atoms with Crippen LogP contribution in [0.1, 0.15) is 22.3 Å². The Balaban J connectivity index is 1.30. The number of hydrogen-bond acceptors (Lipinski definition) is 4. The van der Waals surface area contributed by atoms with Gasteiger partial charge >= 0.3 is 0 Å². The van der Waals surface area contributed by atoms with Gasteiger partial charge in [-0.3, -0.25) is 14.6 Å². The van der Waals surface area contributed by atoms with Crippen molar-refractivity contribution in [2.75, 3.05) is 33.4 Å². The van der Waals surface area contributed by atoms with Gasteiger partial charge in [-0.25, -0.2) is 0 Å². The summed E-state index contributed by atoms with van der Waals surface area (Å²) in [6.07, 6.45) is 3.79. The van der Waals surface area contributed by atoms with Crippen molar-refractivity contribution < 1.29 is 4.74 Å². The molecule has 1 fully saturated rings. The fourth-order valence-electron chi connectivity index (χ4n) is 3.89. The molecule has 2 heterocycles. The Kier molecular flexibility index (Phi) is 7.89. The second kappa shape index (κ2) is 11.5. The number of hydrogen-bond donors (Lipinski definition) is 2. The van der Waals surface area contributed by atoms with Gasteiger partial charge in [0.25, 0.3) is 0 Å². The third kappa shape index (κ3) is 6.42. The normalized spacial score (nSPS) is 15.0. The minimum atomic E-state index is 0.710. The van der Waals surface area contributed by atoms with Crippen LogP contribution in [0.3, 0.4) is 0 Å². The predicted molar refractivity (Wildman–Crippen MR) is 127 cm³/mol. The van der Waals surface area contributed by atoms with Crippen LogP contribution in [0.25, 0.3) is 0 Å². The number of nitrogens with zero attached hydrogens (tertiary/aromatic N) is 4. The lowest BCUT2D eigenvalue weighted by Gasteiger charge is -2.27. The first-order valence-electron chi connectivity index (χ1n) is 11.2. The Bertz CT molecular complexity index is 995. The number of morpholine rings is 1. The molecule has 1 aliphatic rings. The summed E-state index contributed by atoms with van der Waals surface area (Å²) in [4.78, 5) is 6.85. The summed E-state index contributed by atoms with van der Waals surface area (Å²) in [5.41, 5.74) is 5.09. The molecule has 4 rings (SSSR count). The van der Waals surface area contributed by atoms with Crippen LogP contribution in [0, 0.1) is 0 Å². The number of ether oxygens (including phenoxy) is 1. The first-order chi connectivity index (χ1) is 15.8. The molecule has 0 bridgehead atoms. The summed E-state index contributed by atoms with van der Waals surface area (Å²) in [6, 6.07) is 19.1. The highest BCUT2D eigenvalue weighted by Crippen LogP contribution is 2.13. The maximum absolute atomic E-state index is 5.48. The van der Waals surface area contributed by atoms with Crippen molar-refractivity contribution in [3.8, 4) is 0 Å². The van der Waals surface area contributed by atoms with Gasteiger partial charge in [0.1, 0.15) is 0 Å². The molecule has 168 valence electrons. The molecule has 1 saturated heterocycles. The van der Waals surface area contributed by atoms with E-state index in [4.69, 9.17) is 4.74 Å². The first-order valence-corrected chi connectivity index (χ1v) is 11.2. The van der Waals surface area contributed by atoms with E-state index >= 15 is 0 Å². The summed E-state index contributed by atoms with van der Waals surface area (Å²) in [6.45, 7) is 6.79. The molecule has 0 amide bonds. The zero-order valence-electron chi connectivity index (χ0n) is 18.7. The maximum atomic E-state index is 5.48. The van der Waals surface area contributed by atoms with Crippen molar-refractivity contribution in [2.45, 2.75) is 26.2 Å². The number of guanidine groups is 1. The SMILES string of the molecule is CN=C(NCc1cccc(Cn2cccn2)c1)NCc1ccccc1CN1CCOCC1. The van der Waals surface area contributed by atoms with Gasteiger partial charge in [0.2, 0.25) is 0 Å². The lowest BCUT2D eigenvalue weighted by Crippen LogP contribution is -2.37. The van der Waals surface area contributed by atoms with Gasteiger partial charge in [-0.2, -0.15) is 5.10 Å². The predicted octanol–water partition coefficient (Wildman–Crippen LogP) is 2.63. The number of aromatic nitrogens is 2. The van der Waals surface area contributed by atoms with Crippen LogP contribution < -0.4 is 10.6 Å². The third-order valence-corrected chi connectivity index (χ3v) is 5.64. The molecule has 7 heteroatoms. The van der Waals surface area contributed by atoms with E-state index in [1.165, 1.54) is 22.3 Å². The molecular formula is C25H32N6O. The summed E-state index contributed by atoms with van der Waals surface area (Å²) in [5.74, 6) is 0.795. The standard InChI is InChI=1S/C25H32N6O/c1-26-25(27-17-21-6-4-7-22(16-21)19-31-11-5-10-29-31)28-18-23-8-2-3-9-24(23)20-30-12-14-32-15-13-30/h2-11,16H,12-15,17-20H2,1H3,(H2,26,27,28). The topological polar surface area (TPSA) is 66.7 Å². The molecule has 2 N–H and O–H groups in total. The van der Waals surface area contributed by atoms with E-state index in [0.29, 0.717) is 6.54 Å². The van der Waals surface area contributed by atoms with Crippen LogP contribution >= 0.6 is 0 Å². The maximum Gasteiger partial charge on any atom is 0.191 e. The number of rotatable bonds is 8. The first kappa shape index (κ1) is 22.0. The molecule has 7 nitrogen and oxygen atoms in total. The van der Waals surface area contributed by atoms with Crippen molar-refractivity contribution in [3.05, 3.63) is 89.2 Å². The van der Waals surface area contributed by atoms with Crippen LogP contribution in [0.2, 0.25) is 0 Å². The van der Waals surface area contributed by atoms with Crippen LogP contribution in [0.15, 0.2) is 72.0 Å². The molecule has 1 aromatic heterocycles. The van der Waals surface area contributed by atoms with Crippen LogP contribution in [0.4, 0.5) is 0 Å². The van der Waals surface area contributed by atoms with Crippen LogP contribution in [-0.4, -0.2) is 54.0 Å². The Morgan fingerprint density at radius 3 is 2.50 bits per heavy atom. The van der Waals surface area contributed by atoms with Crippen molar-refractivity contribution in [3.63, 3.8) is 0 Å². The van der Waals surface area contributed by atoms with E-state index in [2.05, 4.69) is 74.2 Å². The van der Waals surface area contributed by atoms with Gasteiger partial charge in [-0.05, 0) is 28.3 Å². The fraction of sp³-hybridized carbons (Fsp3) is 0.360. The molecular weight excluding hydrogens is 400 g/mol. The molecule has 0 unspecified atom stereocenters. The van der Waals surface area contributed by atoms with Crippen molar-refractivity contribution >= 4 is 5.96 Å². The second-order valence-corrected chi connectivity index (χ2v) is 7.96. The molecule has 0 atom stereocenters. The monoisotopic (exact) mass is 432 g/mol. The molecule has 2 aromatic carbocycles. The number of aliphatic imine (C=N–C) groups is 1. The molecule has 0 saturated carbocycles. The second-order valence-electron chi connectivity index (χ2n) is 7.96. The summed E-state index contributed by atoms with van der Waals surface area (Å²) < 4.78 is 7.41. The van der Waals surface area contributed by atoms with E-state index in [1.54, 1.807) is 6.20 Å². The van der Waals surface area contributed by atoms with Gasteiger partial charge in [0.05, 0.1) is 19.8 Å². The fourth-order valence-corrected chi connectivity index (χ4v) is 3.89. The molecule has 0 aliphatic carbocycles. The van der Waals surface area contributed by atoms with E-state index in [9.17, 15) is 0 Å². The molecule has 1 aliphatic heterocycles. The average molecular weight is 433 g/mol. The van der Waals surface area contributed by atoms with E-state index < -0.39 is 0 Å². The van der Waals surface area contributed by atoms with Gasteiger partial charge in [0.15, 0.2) is 5.96 Å². The largest absolute Gasteiger partial charge is 0.379 e. The van der Waals surface area contributed by atoms with Crippen LogP contribution in [0.5, 0.6) is 0 Å². The zero-order valence-corrected chi connectivity index (χ0v) is 18.7.